The first-order chi connectivity index (χ1) is 11.2. The summed E-state index contributed by atoms with van der Waals surface area (Å²) in [6.45, 7) is 5.67. The number of rotatable bonds is 2. The second kappa shape index (κ2) is 5.72. The van der Waals surface area contributed by atoms with Crippen LogP contribution in [0.1, 0.15) is 43.9 Å². The third-order valence-electron chi connectivity index (χ3n) is 4.66. The van der Waals surface area contributed by atoms with Crippen LogP contribution in [0.2, 0.25) is 5.28 Å². The molecule has 0 unspecified atom stereocenters. The number of aryl methyl sites for hydroxylation is 1. The predicted octanol–water partition coefficient (Wildman–Crippen LogP) is 2.47. The summed E-state index contributed by atoms with van der Waals surface area (Å²) in [6, 6.07) is 0.502. The summed E-state index contributed by atoms with van der Waals surface area (Å²) >= 11 is 6.10. The summed E-state index contributed by atoms with van der Waals surface area (Å²) in [5, 5.41) is 8.97. The molecule has 23 heavy (non-hydrogen) atoms. The minimum Gasteiger partial charge on any atom is -0.381 e. The van der Waals surface area contributed by atoms with Crippen LogP contribution in [0.4, 0.5) is 5.82 Å². The molecule has 0 N–H and O–H groups in total. The van der Waals surface area contributed by atoms with Crippen molar-refractivity contribution in [2.24, 2.45) is 0 Å². The maximum atomic E-state index is 6.10. The van der Waals surface area contributed by atoms with Crippen molar-refractivity contribution >= 4 is 17.4 Å². The van der Waals surface area contributed by atoms with E-state index in [1.165, 1.54) is 0 Å². The van der Waals surface area contributed by atoms with E-state index in [9.17, 15) is 0 Å². The topological polar surface area (TPSA) is 69.0 Å². The Labute approximate surface area is 139 Å². The van der Waals surface area contributed by atoms with Crippen LogP contribution in [0.25, 0.3) is 5.69 Å². The van der Waals surface area contributed by atoms with E-state index in [0.29, 0.717) is 6.04 Å². The molecule has 0 spiro atoms. The van der Waals surface area contributed by atoms with Gasteiger partial charge in [-0.2, -0.15) is 4.98 Å². The van der Waals surface area contributed by atoms with Gasteiger partial charge in [0.2, 0.25) is 5.28 Å². The quantitative estimate of drug-likeness (QED) is 0.786. The van der Waals surface area contributed by atoms with Gasteiger partial charge in [-0.15, -0.1) is 10.2 Å². The monoisotopic (exact) mass is 334 g/mol. The molecule has 0 amide bonds. The van der Waals surface area contributed by atoms with Crippen LogP contribution in [-0.2, 0) is 4.74 Å². The maximum absolute atomic E-state index is 6.10. The number of hydrogen-bond donors (Lipinski definition) is 0. The lowest BCUT2D eigenvalue weighted by molar-refractivity contribution is 0.0817. The second-order valence-corrected chi connectivity index (χ2v) is 6.30. The summed E-state index contributed by atoms with van der Waals surface area (Å²) in [6.07, 6.45) is 4.65. The molecule has 2 aromatic heterocycles. The summed E-state index contributed by atoms with van der Waals surface area (Å²) in [4.78, 5) is 11.1. The first-order valence-electron chi connectivity index (χ1n) is 8.01. The minimum atomic E-state index is 0.137. The highest BCUT2D eigenvalue weighted by molar-refractivity contribution is 6.28. The molecule has 2 aromatic rings. The van der Waals surface area contributed by atoms with Gasteiger partial charge in [-0.25, -0.2) is 4.98 Å². The van der Waals surface area contributed by atoms with Gasteiger partial charge in [0.15, 0.2) is 11.6 Å². The molecule has 1 atom stereocenters. The summed E-state index contributed by atoms with van der Waals surface area (Å²) in [7, 11) is 0. The smallest absolute Gasteiger partial charge is 0.224 e. The lowest BCUT2D eigenvalue weighted by Crippen LogP contribution is -2.45. The third-order valence-corrected chi connectivity index (χ3v) is 4.84. The Kier molecular flexibility index (Phi) is 3.69. The zero-order valence-electron chi connectivity index (χ0n) is 13.2. The molecule has 4 rings (SSSR count). The highest BCUT2D eigenvalue weighted by Gasteiger charge is 2.38. The summed E-state index contributed by atoms with van der Waals surface area (Å²) < 4.78 is 7.58. The molecule has 0 bridgehead atoms. The number of anilines is 1. The molecule has 0 saturated carbocycles. The zero-order chi connectivity index (χ0) is 16.0. The van der Waals surface area contributed by atoms with Crippen molar-refractivity contribution in [3.63, 3.8) is 0 Å². The van der Waals surface area contributed by atoms with Gasteiger partial charge in [0.25, 0.3) is 0 Å². The van der Waals surface area contributed by atoms with E-state index < -0.39 is 0 Å². The number of halogens is 1. The van der Waals surface area contributed by atoms with Gasteiger partial charge in [-0.3, -0.25) is 4.57 Å². The number of hydrogen-bond acceptors (Lipinski definition) is 6. The predicted molar refractivity (Wildman–Crippen MR) is 86.0 cm³/mol. The molecule has 1 saturated heterocycles. The minimum absolute atomic E-state index is 0.137. The molecule has 2 aliphatic rings. The van der Waals surface area contributed by atoms with Gasteiger partial charge in [0.1, 0.15) is 11.5 Å². The Morgan fingerprint density at radius 2 is 2.09 bits per heavy atom. The van der Waals surface area contributed by atoms with E-state index in [1.54, 1.807) is 6.20 Å². The standard InChI is InChI=1S/C15H19ClN6O/c1-3-11-14-20-19-9(2)21(14)12-8-17-15(16)18-13(12)22(11)10-4-6-23-7-5-10/h8,10-11H,3-7H2,1-2H3/t11-/m1/s1. The van der Waals surface area contributed by atoms with Crippen molar-refractivity contribution in [3.05, 3.63) is 23.1 Å². The van der Waals surface area contributed by atoms with Gasteiger partial charge in [0, 0.05) is 19.3 Å². The average Bonchev–Trinajstić information content (AvgIpc) is 2.96. The van der Waals surface area contributed by atoms with Crippen LogP contribution in [0, 0.1) is 6.92 Å². The SMILES string of the molecule is CC[C@@H]1c2nnc(C)n2-c2cnc(Cl)nc2N1C1CCOCC1. The Bertz CT molecular complexity index is 727. The molecular weight excluding hydrogens is 316 g/mol. The number of aromatic nitrogens is 5. The van der Waals surface area contributed by atoms with Crippen LogP contribution in [0.5, 0.6) is 0 Å². The van der Waals surface area contributed by atoms with E-state index >= 15 is 0 Å². The molecule has 122 valence electrons. The van der Waals surface area contributed by atoms with Crippen molar-refractivity contribution < 1.29 is 4.74 Å². The first kappa shape index (κ1) is 14.8. The number of nitrogens with zero attached hydrogens (tertiary/aromatic N) is 6. The molecule has 7 nitrogen and oxygen atoms in total. The molecule has 2 aliphatic heterocycles. The Balaban J connectivity index is 1.90. The van der Waals surface area contributed by atoms with Gasteiger partial charge >= 0.3 is 0 Å². The first-order valence-corrected chi connectivity index (χ1v) is 8.39. The van der Waals surface area contributed by atoms with E-state index in [1.807, 2.05) is 6.92 Å². The van der Waals surface area contributed by atoms with Crippen LogP contribution in [0.15, 0.2) is 6.20 Å². The van der Waals surface area contributed by atoms with Crippen LogP contribution in [-0.4, -0.2) is 44.0 Å². The zero-order valence-corrected chi connectivity index (χ0v) is 14.0. The van der Waals surface area contributed by atoms with Crippen molar-refractivity contribution in [1.82, 2.24) is 24.7 Å². The van der Waals surface area contributed by atoms with Gasteiger partial charge in [-0.05, 0) is 37.8 Å². The molecule has 4 heterocycles. The van der Waals surface area contributed by atoms with Crippen LogP contribution >= 0.6 is 11.6 Å². The molecular formula is C15H19ClN6O. The van der Waals surface area contributed by atoms with Gasteiger partial charge in [0.05, 0.1) is 12.2 Å². The van der Waals surface area contributed by atoms with Gasteiger partial charge < -0.3 is 9.64 Å². The Morgan fingerprint density at radius 1 is 1.30 bits per heavy atom. The van der Waals surface area contributed by atoms with E-state index in [0.717, 1.165) is 55.6 Å². The summed E-state index contributed by atoms with van der Waals surface area (Å²) in [5.74, 6) is 2.67. The lowest BCUT2D eigenvalue weighted by Gasteiger charge is -2.43. The molecule has 0 aliphatic carbocycles. The molecule has 1 fully saturated rings. The van der Waals surface area contributed by atoms with E-state index in [2.05, 4.69) is 36.6 Å². The lowest BCUT2D eigenvalue weighted by atomic mass is 10.0. The Hall–Kier alpha value is -1.73. The van der Waals surface area contributed by atoms with Crippen molar-refractivity contribution in [2.45, 2.75) is 45.2 Å². The summed E-state index contributed by atoms with van der Waals surface area (Å²) in [5.41, 5.74) is 0.906. The van der Waals surface area contributed by atoms with Crippen molar-refractivity contribution in [3.8, 4) is 5.69 Å². The van der Waals surface area contributed by atoms with E-state index in [4.69, 9.17) is 16.3 Å². The fourth-order valence-electron chi connectivity index (χ4n) is 3.63. The largest absolute Gasteiger partial charge is 0.381 e. The van der Waals surface area contributed by atoms with Crippen LogP contribution in [0.3, 0.4) is 0 Å². The molecule has 0 radical (unpaired) electrons. The van der Waals surface area contributed by atoms with Crippen molar-refractivity contribution in [1.29, 1.82) is 0 Å². The molecule has 0 aromatic carbocycles. The normalized spacial score (nSPS) is 21.2. The fraction of sp³-hybridized carbons (Fsp3) is 0.600. The average molecular weight is 335 g/mol. The molecule has 8 heteroatoms. The van der Waals surface area contributed by atoms with E-state index in [-0.39, 0.29) is 11.3 Å². The number of ether oxygens (including phenoxy) is 1. The second-order valence-electron chi connectivity index (χ2n) is 5.96. The van der Waals surface area contributed by atoms with Gasteiger partial charge in [-0.1, -0.05) is 6.92 Å². The maximum Gasteiger partial charge on any atom is 0.224 e. The highest BCUT2D eigenvalue weighted by atomic mass is 35.5. The number of fused-ring (bicyclic) bond motifs is 3. The van der Waals surface area contributed by atoms with Crippen molar-refractivity contribution in [2.75, 3.05) is 18.1 Å². The van der Waals surface area contributed by atoms with Crippen LogP contribution < -0.4 is 4.90 Å². The fourth-order valence-corrected chi connectivity index (χ4v) is 3.76. The highest BCUT2D eigenvalue weighted by Crippen LogP contribution is 2.41. The third kappa shape index (κ3) is 2.30. The Morgan fingerprint density at radius 3 is 2.83 bits per heavy atom.